The van der Waals surface area contributed by atoms with Crippen molar-refractivity contribution in [2.24, 2.45) is 11.8 Å². The van der Waals surface area contributed by atoms with Crippen LogP contribution < -0.4 is 20.7 Å². The van der Waals surface area contributed by atoms with Gasteiger partial charge in [0, 0.05) is 6.42 Å². The molecule has 9 heteroatoms. The quantitative estimate of drug-likeness (QED) is 0.326. The predicted molar refractivity (Wildman–Crippen MR) is 144 cm³/mol. The van der Waals surface area contributed by atoms with Gasteiger partial charge in [0.05, 0.1) is 7.11 Å². The molecule has 0 saturated carbocycles. The van der Waals surface area contributed by atoms with E-state index in [0.29, 0.717) is 12.2 Å². The van der Waals surface area contributed by atoms with Crippen LogP contribution in [0.5, 0.6) is 5.75 Å². The average Bonchev–Trinajstić information content (AvgIpc) is 2.89. The van der Waals surface area contributed by atoms with Crippen molar-refractivity contribution < 1.29 is 28.7 Å². The summed E-state index contributed by atoms with van der Waals surface area (Å²) in [6.07, 6.45) is 0.611. The first-order valence-corrected chi connectivity index (χ1v) is 12.8. The monoisotopic (exact) mass is 525 g/mol. The molecule has 2 rings (SSSR count). The van der Waals surface area contributed by atoms with E-state index in [-0.39, 0.29) is 24.9 Å². The topological polar surface area (TPSA) is 123 Å². The van der Waals surface area contributed by atoms with Gasteiger partial charge in [-0.05, 0) is 36.0 Å². The van der Waals surface area contributed by atoms with Crippen LogP contribution in [0.3, 0.4) is 0 Å². The molecular formula is C29H39N3O6. The number of hydrogen-bond acceptors (Lipinski definition) is 6. The first-order chi connectivity index (χ1) is 18.1. The number of rotatable bonds is 14. The normalized spacial score (nSPS) is 13.2. The number of nitrogens with one attached hydrogen (secondary N) is 3. The Morgan fingerprint density at radius 3 is 1.92 bits per heavy atom. The maximum absolute atomic E-state index is 13.2. The molecule has 3 amide bonds. The molecule has 0 unspecified atom stereocenters. The lowest BCUT2D eigenvalue weighted by atomic mass is 9.99. The highest BCUT2D eigenvalue weighted by atomic mass is 16.5. The Balaban J connectivity index is 2.07. The highest BCUT2D eigenvalue weighted by Crippen LogP contribution is 2.11. The Morgan fingerprint density at radius 2 is 1.37 bits per heavy atom. The van der Waals surface area contributed by atoms with E-state index in [0.717, 1.165) is 5.56 Å². The molecule has 206 valence electrons. The molecule has 3 N–H and O–H groups in total. The number of benzene rings is 2. The van der Waals surface area contributed by atoms with Gasteiger partial charge in [0.2, 0.25) is 11.8 Å². The molecule has 0 radical (unpaired) electrons. The molecule has 9 nitrogen and oxygen atoms in total. The van der Waals surface area contributed by atoms with Gasteiger partial charge in [-0.2, -0.15) is 0 Å². The molecular weight excluding hydrogens is 486 g/mol. The van der Waals surface area contributed by atoms with Crippen LogP contribution in [-0.4, -0.2) is 55.5 Å². The van der Waals surface area contributed by atoms with E-state index in [2.05, 4.69) is 16.0 Å². The van der Waals surface area contributed by atoms with Crippen LogP contribution in [0.15, 0.2) is 60.7 Å². The van der Waals surface area contributed by atoms with Gasteiger partial charge in [0.1, 0.15) is 23.9 Å². The minimum Gasteiger partial charge on any atom is -0.484 e. The average molecular weight is 526 g/mol. The number of amides is 3. The number of carbonyl (C=O) groups is 4. The van der Waals surface area contributed by atoms with Gasteiger partial charge in [-0.1, -0.05) is 76.2 Å². The number of ether oxygens (including phenoxy) is 2. The number of carbonyl (C=O) groups excluding carboxylic acids is 4. The summed E-state index contributed by atoms with van der Waals surface area (Å²) in [5.74, 6) is -1.68. The Labute approximate surface area is 224 Å². The van der Waals surface area contributed by atoms with Crippen LogP contribution in [-0.2, 0) is 30.3 Å². The minimum atomic E-state index is -0.933. The van der Waals surface area contributed by atoms with Crippen molar-refractivity contribution in [3.63, 3.8) is 0 Å². The summed E-state index contributed by atoms with van der Waals surface area (Å²) in [6.45, 7) is 7.20. The molecule has 0 aliphatic carbocycles. The highest BCUT2D eigenvalue weighted by molar-refractivity contribution is 5.93. The Bertz CT molecular complexity index is 1040. The molecule has 0 aromatic heterocycles. The van der Waals surface area contributed by atoms with Gasteiger partial charge in [0.15, 0.2) is 6.61 Å². The fraction of sp³-hybridized carbons (Fsp3) is 0.448. The van der Waals surface area contributed by atoms with E-state index in [4.69, 9.17) is 9.47 Å². The van der Waals surface area contributed by atoms with Crippen LogP contribution in [0.2, 0.25) is 0 Å². The third-order valence-corrected chi connectivity index (χ3v) is 5.80. The first-order valence-electron chi connectivity index (χ1n) is 12.8. The maximum Gasteiger partial charge on any atom is 0.328 e. The molecule has 0 aliphatic heterocycles. The lowest BCUT2D eigenvalue weighted by Crippen LogP contribution is -2.58. The molecule has 0 bridgehead atoms. The van der Waals surface area contributed by atoms with Crippen LogP contribution in [0.25, 0.3) is 0 Å². The van der Waals surface area contributed by atoms with Crippen molar-refractivity contribution in [1.29, 1.82) is 0 Å². The molecule has 0 heterocycles. The van der Waals surface area contributed by atoms with Crippen molar-refractivity contribution in [3.05, 3.63) is 66.2 Å². The van der Waals surface area contributed by atoms with E-state index in [1.54, 1.807) is 38.1 Å². The number of hydrogen-bond donors (Lipinski definition) is 3. The fourth-order valence-corrected chi connectivity index (χ4v) is 3.84. The van der Waals surface area contributed by atoms with Gasteiger partial charge < -0.3 is 25.4 Å². The van der Waals surface area contributed by atoms with Gasteiger partial charge in [-0.25, -0.2) is 4.79 Å². The Hall–Kier alpha value is -3.88. The molecule has 38 heavy (non-hydrogen) atoms. The molecule has 3 atom stereocenters. The SMILES string of the molecule is COC(=O)[C@H](Cc1ccccc1)NC(=O)[C@@H](NC(=O)[C@H](CC(C)C)NC(=O)COc1ccccc1)C(C)C. The van der Waals surface area contributed by atoms with E-state index >= 15 is 0 Å². The second kappa shape index (κ2) is 15.4. The lowest BCUT2D eigenvalue weighted by Gasteiger charge is -2.27. The van der Waals surface area contributed by atoms with Crippen molar-refractivity contribution in [2.75, 3.05) is 13.7 Å². The standard InChI is InChI=1S/C29H39N3O6/c1-19(2)16-23(30-25(33)18-38-22-14-10-7-11-15-22)27(34)32-26(20(3)4)28(35)31-24(29(36)37-5)17-21-12-8-6-9-13-21/h6-15,19-20,23-24,26H,16-18H2,1-5H3,(H,30,33)(H,31,35)(H,32,34)/t23-,24-,26-/m0/s1. The Kier molecular flexibility index (Phi) is 12.3. The zero-order chi connectivity index (χ0) is 28.1. The van der Waals surface area contributed by atoms with Crippen molar-refractivity contribution in [3.8, 4) is 5.75 Å². The summed E-state index contributed by atoms with van der Waals surface area (Å²) >= 11 is 0. The van der Waals surface area contributed by atoms with Gasteiger partial charge >= 0.3 is 5.97 Å². The number of para-hydroxylation sites is 1. The van der Waals surface area contributed by atoms with E-state index < -0.39 is 41.8 Å². The first kappa shape index (κ1) is 30.3. The summed E-state index contributed by atoms with van der Waals surface area (Å²) in [6, 6.07) is 15.4. The van der Waals surface area contributed by atoms with Gasteiger partial charge in [-0.15, -0.1) is 0 Å². The van der Waals surface area contributed by atoms with Crippen LogP contribution in [0.4, 0.5) is 0 Å². The summed E-state index contributed by atoms with van der Waals surface area (Å²) < 4.78 is 10.4. The van der Waals surface area contributed by atoms with Crippen LogP contribution in [0, 0.1) is 11.8 Å². The Morgan fingerprint density at radius 1 is 0.763 bits per heavy atom. The van der Waals surface area contributed by atoms with E-state index in [1.807, 2.05) is 50.2 Å². The molecule has 2 aromatic rings. The van der Waals surface area contributed by atoms with E-state index in [1.165, 1.54) is 7.11 Å². The van der Waals surface area contributed by atoms with Crippen molar-refractivity contribution in [1.82, 2.24) is 16.0 Å². The molecule has 2 aromatic carbocycles. The van der Waals surface area contributed by atoms with Gasteiger partial charge in [-0.3, -0.25) is 14.4 Å². The molecule has 0 aliphatic rings. The van der Waals surface area contributed by atoms with Crippen molar-refractivity contribution >= 4 is 23.7 Å². The minimum absolute atomic E-state index is 0.0991. The van der Waals surface area contributed by atoms with E-state index in [9.17, 15) is 19.2 Å². The lowest BCUT2D eigenvalue weighted by molar-refractivity contribution is -0.145. The summed E-state index contributed by atoms with van der Waals surface area (Å²) in [7, 11) is 1.26. The summed E-state index contributed by atoms with van der Waals surface area (Å²) in [4.78, 5) is 51.4. The predicted octanol–water partition coefficient (Wildman–Crippen LogP) is 2.64. The number of methoxy groups -OCH3 is 1. The largest absolute Gasteiger partial charge is 0.484 e. The zero-order valence-corrected chi connectivity index (χ0v) is 22.7. The third kappa shape index (κ3) is 10.2. The second-order valence-corrected chi connectivity index (χ2v) is 9.86. The summed E-state index contributed by atoms with van der Waals surface area (Å²) in [5.41, 5.74) is 0.853. The van der Waals surface area contributed by atoms with Crippen molar-refractivity contribution in [2.45, 2.75) is 58.7 Å². The van der Waals surface area contributed by atoms with Crippen LogP contribution in [0.1, 0.15) is 39.7 Å². The number of esters is 1. The van der Waals surface area contributed by atoms with Crippen LogP contribution >= 0.6 is 0 Å². The third-order valence-electron chi connectivity index (χ3n) is 5.80. The smallest absolute Gasteiger partial charge is 0.328 e. The molecule has 0 saturated heterocycles. The second-order valence-electron chi connectivity index (χ2n) is 9.86. The van der Waals surface area contributed by atoms with Gasteiger partial charge in [0.25, 0.3) is 5.91 Å². The highest BCUT2D eigenvalue weighted by Gasteiger charge is 2.32. The fourth-order valence-electron chi connectivity index (χ4n) is 3.84. The zero-order valence-electron chi connectivity index (χ0n) is 22.7. The molecule has 0 fully saturated rings. The summed E-state index contributed by atoms with van der Waals surface area (Å²) in [5, 5.41) is 8.22. The maximum atomic E-state index is 13.2. The molecule has 0 spiro atoms.